The number of carbonyl (C=O) groups is 1. The van der Waals surface area contributed by atoms with Crippen LogP contribution in [0.2, 0.25) is 0 Å². The molecule has 6 aromatic rings. The summed E-state index contributed by atoms with van der Waals surface area (Å²) in [5.41, 5.74) is 6.60. The summed E-state index contributed by atoms with van der Waals surface area (Å²) >= 11 is 0. The van der Waals surface area contributed by atoms with Gasteiger partial charge in [0.25, 0.3) is 0 Å². The number of ether oxygens (including phenoxy) is 1. The molecule has 0 saturated carbocycles. The molecule has 1 N–H and O–H groups in total. The summed E-state index contributed by atoms with van der Waals surface area (Å²) in [5.74, 6) is 1.61. The second-order valence-corrected chi connectivity index (χ2v) is 7.73. The molecule has 0 spiro atoms. The molecule has 5 aromatic heterocycles. The molecule has 0 aliphatic carbocycles. The number of nitrogens with zero attached hydrogens (tertiary/aromatic N) is 8. The second kappa shape index (κ2) is 7.62. The molecule has 0 fully saturated rings. The van der Waals surface area contributed by atoms with Crippen molar-refractivity contribution in [3.05, 3.63) is 66.6 Å². The van der Waals surface area contributed by atoms with E-state index in [4.69, 9.17) is 9.72 Å². The summed E-state index contributed by atoms with van der Waals surface area (Å²) in [4.78, 5) is 27.7. The average Bonchev–Trinajstić information content (AvgIpc) is 3.51. The molecule has 166 valence electrons. The van der Waals surface area contributed by atoms with Crippen molar-refractivity contribution in [1.82, 2.24) is 33.8 Å². The maximum Gasteiger partial charge on any atom is 0.358 e. The highest BCUT2D eigenvalue weighted by Gasteiger charge is 2.23. The van der Waals surface area contributed by atoms with E-state index in [1.54, 1.807) is 25.5 Å². The van der Waals surface area contributed by atoms with Gasteiger partial charge in [-0.3, -0.25) is 10.1 Å². The molecule has 1 aromatic carbocycles. The van der Waals surface area contributed by atoms with Gasteiger partial charge >= 0.3 is 5.97 Å². The molecule has 11 heteroatoms. The van der Waals surface area contributed by atoms with Crippen LogP contribution in [0, 0.1) is 0 Å². The van der Waals surface area contributed by atoms with Crippen LogP contribution in [0.15, 0.2) is 55.1 Å². The van der Waals surface area contributed by atoms with Crippen molar-refractivity contribution in [2.24, 2.45) is 0 Å². The van der Waals surface area contributed by atoms with E-state index < -0.39 is 5.97 Å². The van der Waals surface area contributed by atoms with Crippen molar-refractivity contribution in [3.8, 4) is 0 Å². The van der Waals surface area contributed by atoms with E-state index in [-0.39, 0.29) is 0 Å². The summed E-state index contributed by atoms with van der Waals surface area (Å²) in [6, 6.07) is 9.93. The number of hydrogen-bond acceptors (Lipinski definition) is 8. The third kappa shape index (κ3) is 3.43. The van der Waals surface area contributed by atoms with E-state index in [9.17, 15) is 4.79 Å². The van der Waals surface area contributed by atoms with Gasteiger partial charge in [0.2, 0.25) is 5.95 Å². The molecule has 33 heavy (non-hydrogen) atoms. The lowest BCUT2D eigenvalue weighted by molar-refractivity contribution is 0.0520. The summed E-state index contributed by atoms with van der Waals surface area (Å²) in [7, 11) is 0. The van der Waals surface area contributed by atoms with Crippen LogP contribution >= 0.6 is 0 Å². The Hall–Kier alpha value is -4.41. The minimum absolute atomic E-state index is 0.322. The van der Waals surface area contributed by atoms with Crippen LogP contribution in [-0.2, 0) is 17.8 Å². The second-order valence-electron chi connectivity index (χ2n) is 7.73. The molecule has 1 aliphatic heterocycles. The number of fused-ring (bicyclic) bond motifs is 3. The van der Waals surface area contributed by atoms with Crippen molar-refractivity contribution >= 4 is 34.3 Å². The molecular weight excluding hydrogens is 422 g/mol. The van der Waals surface area contributed by atoms with Crippen LogP contribution < -0.4 is 10.3 Å². The summed E-state index contributed by atoms with van der Waals surface area (Å²) in [6.07, 6.45) is 7.24. The van der Waals surface area contributed by atoms with Crippen LogP contribution in [-0.4, -0.2) is 52.9 Å². The van der Waals surface area contributed by atoms with Gasteiger partial charge in [0.1, 0.15) is 11.3 Å². The van der Waals surface area contributed by atoms with E-state index in [0.717, 1.165) is 22.4 Å². The molecule has 0 saturated heterocycles. The monoisotopic (exact) mass is 443 g/mol. The fourth-order valence-corrected chi connectivity index (χ4v) is 4.01. The Morgan fingerprint density at radius 3 is 2.76 bits per heavy atom. The highest BCUT2D eigenvalue weighted by atomic mass is 16.5. The van der Waals surface area contributed by atoms with Crippen molar-refractivity contribution < 1.29 is 9.53 Å². The molecule has 4 bridgehead atoms. The van der Waals surface area contributed by atoms with Gasteiger partial charge in [-0.1, -0.05) is 0 Å². The van der Waals surface area contributed by atoms with Crippen LogP contribution in [0.4, 0.5) is 11.8 Å². The SMILES string of the molecule is CCOC(=O)c1cn2c(n1)CN(c1nccc(Nn3c4ccc(cc4)n4cc3cn4)n1)CC2. The molecule has 0 radical (unpaired) electrons. The van der Waals surface area contributed by atoms with Gasteiger partial charge in [-0.2, -0.15) is 10.1 Å². The maximum absolute atomic E-state index is 12.0. The molecule has 0 atom stereocenters. The van der Waals surface area contributed by atoms with Crippen LogP contribution in [0.25, 0.3) is 16.6 Å². The van der Waals surface area contributed by atoms with Crippen LogP contribution in [0.5, 0.6) is 0 Å². The zero-order valence-corrected chi connectivity index (χ0v) is 17.9. The number of rotatable bonds is 5. The quantitative estimate of drug-likeness (QED) is 0.413. The van der Waals surface area contributed by atoms with Gasteiger partial charge < -0.3 is 14.2 Å². The number of hydrogen-bond donors (Lipinski definition) is 1. The zero-order valence-electron chi connectivity index (χ0n) is 17.9. The van der Waals surface area contributed by atoms with E-state index in [0.29, 0.717) is 43.7 Å². The Balaban J connectivity index is 1.28. The highest BCUT2D eigenvalue weighted by Crippen LogP contribution is 2.20. The number of benzene rings is 1. The topological polar surface area (TPSA) is 107 Å². The Labute approximate surface area is 188 Å². The molecule has 1 aliphatic rings. The Morgan fingerprint density at radius 1 is 1.06 bits per heavy atom. The minimum atomic E-state index is -0.405. The van der Waals surface area contributed by atoms with Crippen molar-refractivity contribution in [1.29, 1.82) is 0 Å². The summed E-state index contributed by atoms with van der Waals surface area (Å²) < 4.78 is 10.8. The van der Waals surface area contributed by atoms with E-state index in [1.165, 1.54) is 0 Å². The predicted molar refractivity (Wildman–Crippen MR) is 121 cm³/mol. The van der Waals surface area contributed by atoms with Gasteiger partial charge in [0, 0.05) is 31.5 Å². The number of nitrogens with one attached hydrogen (secondary N) is 1. The first kappa shape index (κ1) is 19.3. The first-order valence-corrected chi connectivity index (χ1v) is 10.7. The fourth-order valence-electron chi connectivity index (χ4n) is 4.01. The molecular formula is C22H21N9O2. The van der Waals surface area contributed by atoms with Crippen LogP contribution in [0.1, 0.15) is 23.2 Å². The largest absolute Gasteiger partial charge is 0.461 e. The van der Waals surface area contributed by atoms with Gasteiger partial charge in [-0.15, -0.1) is 0 Å². The fraction of sp³-hybridized carbons (Fsp3) is 0.227. The number of imidazole rings is 1. The normalized spacial score (nSPS) is 13.4. The number of anilines is 2. The Morgan fingerprint density at radius 2 is 1.91 bits per heavy atom. The van der Waals surface area contributed by atoms with Crippen molar-refractivity contribution in [3.63, 3.8) is 0 Å². The smallest absolute Gasteiger partial charge is 0.358 e. The lowest BCUT2D eigenvalue weighted by Crippen LogP contribution is -2.34. The maximum atomic E-state index is 12.0. The van der Waals surface area contributed by atoms with Gasteiger partial charge in [0.15, 0.2) is 11.5 Å². The Kier molecular flexibility index (Phi) is 4.45. The van der Waals surface area contributed by atoms with Gasteiger partial charge in [0.05, 0.1) is 36.6 Å². The zero-order chi connectivity index (χ0) is 22.4. The standard InChI is InChI=1S/C22H21N9O2/c1-2-33-21(32)18-13-28-9-10-29(14-20(28)25-18)22-23-8-7-19(26-22)27-31-16-5-3-15(4-6-16)30-12-17(31)11-24-30/h3-8,11-13H,2,9-10,14H2,1H3,(H,23,26,27). The minimum Gasteiger partial charge on any atom is -0.461 e. The van der Waals surface area contributed by atoms with Crippen molar-refractivity contribution in [2.45, 2.75) is 20.0 Å². The molecule has 7 rings (SSSR count). The van der Waals surface area contributed by atoms with E-state index >= 15 is 0 Å². The summed E-state index contributed by atoms with van der Waals surface area (Å²) in [6.45, 7) is 3.99. The lowest BCUT2D eigenvalue weighted by atomic mass is 10.3. The lowest BCUT2D eigenvalue weighted by Gasteiger charge is -2.27. The third-order valence-electron chi connectivity index (χ3n) is 5.64. The number of carbonyl (C=O) groups excluding carboxylic acids is 1. The number of esters is 1. The van der Waals surface area contributed by atoms with Gasteiger partial charge in [-0.05, 0) is 31.2 Å². The first-order chi connectivity index (χ1) is 16.2. The summed E-state index contributed by atoms with van der Waals surface area (Å²) in [5, 5.41) is 4.42. The average molecular weight is 443 g/mol. The molecule has 6 heterocycles. The first-order valence-electron chi connectivity index (χ1n) is 10.7. The predicted octanol–water partition coefficient (Wildman–Crippen LogP) is 2.35. The van der Waals surface area contributed by atoms with Crippen molar-refractivity contribution in [2.75, 3.05) is 23.5 Å². The van der Waals surface area contributed by atoms with Crippen LogP contribution in [0.3, 0.4) is 0 Å². The third-order valence-corrected chi connectivity index (χ3v) is 5.64. The van der Waals surface area contributed by atoms with E-state index in [1.807, 2.05) is 55.2 Å². The molecule has 11 nitrogen and oxygen atoms in total. The molecule has 0 amide bonds. The van der Waals surface area contributed by atoms with E-state index in [2.05, 4.69) is 20.5 Å². The van der Waals surface area contributed by atoms with Gasteiger partial charge in [-0.25, -0.2) is 19.3 Å². The Bertz CT molecular complexity index is 1460. The highest BCUT2D eigenvalue weighted by molar-refractivity contribution is 5.87. The molecule has 0 unspecified atom stereocenters. The number of aromatic nitrogens is 7.